The summed E-state index contributed by atoms with van der Waals surface area (Å²) in [6, 6.07) is 6.91. The molecular weight excluding hydrogens is 282 g/mol. The Bertz CT molecular complexity index is 551. The smallest absolute Gasteiger partial charge is 0.329 e. The van der Waals surface area contributed by atoms with E-state index in [1.807, 2.05) is 6.07 Å². The second kappa shape index (κ2) is 6.81. The van der Waals surface area contributed by atoms with Crippen molar-refractivity contribution in [3.8, 4) is 5.75 Å². The molecule has 2 rings (SSSR count). The number of amides is 1. The molecule has 1 amide bonds. The van der Waals surface area contributed by atoms with Crippen LogP contribution in [0.4, 0.5) is 0 Å². The number of rotatable bonds is 6. The van der Waals surface area contributed by atoms with E-state index in [1.54, 1.807) is 25.1 Å². The summed E-state index contributed by atoms with van der Waals surface area (Å²) in [5.74, 6) is -0.779. The highest BCUT2D eigenvalue weighted by molar-refractivity contribution is 5.98. The largest absolute Gasteiger partial charge is 0.490 e. The lowest BCUT2D eigenvalue weighted by atomic mass is 9.98. The number of benzene rings is 1. The van der Waals surface area contributed by atoms with Crippen LogP contribution in [0.5, 0.6) is 5.75 Å². The van der Waals surface area contributed by atoms with Crippen molar-refractivity contribution in [2.75, 3.05) is 0 Å². The van der Waals surface area contributed by atoms with Gasteiger partial charge in [-0.05, 0) is 57.2 Å². The van der Waals surface area contributed by atoms with Crippen LogP contribution in [0.3, 0.4) is 0 Å². The van der Waals surface area contributed by atoms with Crippen molar-refractivity contribution >= 4 is 11.9 Å². The molecule has 0 heterocycles. The van der Waals surface area contributed by atoms with Gasteiger partial charge >= 0.3 is 5.97 Å². The third kappa shape index (κ3) is 3.78. The van der Waals surface area contributed by atoms with Crippen LogP contribution in [0, 0.1) is 0 Å². The number of hydrogen-bond acceptors (Lipinski definition) is 3. The highest BCUT2D eigenvalue weighted by atomic mass is 16.5. The highest BCUT2D eigenvalue weighted by Gasteiger charge is 2.33. The fourth-order valence-electron chi connectivity index (χ4n) is 2.53. The molecule has 1 atom stereocenters. The number of carbonyl (C=O) groups is 2. The standard InChI is InChI=1S/C17H23NO4/c1-3-17(2,16(20)21)18-15(19)12-7-6-10-14(11-12)22-13-8-4-5-9-13/h6-7,10-11,13H,3-5,8-9H2,1-2H3,(H,18,19)(H,20,21). The van der Waals surface area contributed by atoms with E-state index in [4.69, 9.17) is 4.74 Å². The Labute approximate surface area is 130 Å². The van der Waals surface area contributed by atoms with Crippen molar-refractivity contribution in [2.45, 2.75) is 57.6 Å². The fraction of sp³-hybridized carbons (Fsp3) is 0.529. The zero-order valence-corrected chi connectivity index (χ0v) is 13.1. The van der Waals surface area contributed by atoms with Gasteiger partial charge < -0.3 is 15.2 Å². The maximum atomic E-state index is 12.3. The second-order valence-electron chi connectivity index (χ2n) is 6.00. The zero-order chi connectivity index (χ0) is 16.2. The Morgan fingerprint density at radius 2 is 2.05 bits per heavy atom. The van der Waals surface area contributed by atoms with Gasteiger partial charge in [0, 0.05) is 5.56 Å². The minimum absolute atomic E-state index is 0.221. The summed E-state index contributed by atoms with van der Waals surface area (Å²) in [4.78, 5) is 23.6. The van der Waals surface area contributed by atoms with Gasteiger partial charge in [0.25, 0.3) is 5.91 Å². The van der Waals surface area contributed by atoms with Crippen LogP contribution in [0.1, 0.15) is 56.3 Å². The lowest BCUT2D eigenvalue weighted by Crippen LogP contribution is -2.51. The van der Waals surface area contributed by atoms with Crippen molar-refractivity contribution in [1.29, 1.82) is 0 Å². The normalized spacial score (nSPS) is 17.7. The second-order valence-corrected chi connectivity index (χ2v) is 6.00. The molecule has 1 aromatic rings. The van der Waals surface area contributed by atoms with Crippen LogP contribution in [-0.2, 0) is 4.79 Å². The molecular formula is C17H23NO4. The molecule has 0 spiro atoms. The summed E-state index contributed by atoms with van der Waals surface area (Å²) in [6.45, 7) is 3.24. The molecule has 1 aromatic carbocycles. The zero-order valence-electron chi connectivity index (χ0n) is 13.1. The Hall–Kier alpha value is -2.04. The Morgan fingerprint density at radius 1 is 1.36 bits per heavy atom. The Balaban J connectivity index is 2.08. The number of hydrogen-bond donors (Lipinski definition) is 2. The first-order valence-corrected chi connectivity index (χ1v) is 7.77. The molecule has 0 aliphatic heterocycles. The monoisotopic (exact) mass is 305 g/mol. The van der Waals surface area contributed by atoms with Gasteiger partial charge in [-0.25, -0.2) is 4.79 Å². The van der Waals surface area contributed by atoms with Gasteiger partial charge in [0.15, 0.2) is 0 Å². The average molecular weight is 305 g/mol. The van der Waals surface area contributed by atoms with Gasteiger partial charge in [-0.3, -0.25) is 4.79 Å². The fourth-order valence-corrected chi connectivity index (χ4v) is 2.53. The van der Waals surface area contributed by atoms with E-state index < -0.39 is 17.4 Å². The molecule has 0 bridgehead atoms. The molecule has 5 heteroatoms. The molecule has 22 heavy (non-hydrogen) atoms. The van der Waals surface area contributed by atoms with Crippen LogP contribution >= 0.6 is 0 Å². The van der Waals surface area contributed by atoms with E-state index in [9.17, 15) is 14.7 Å². The molecule has 120 valence electrons. The molecule has 5 nitrogen and oxygen atoms in total. The molecule has 1 aliphatic carbocycles. The van der Waals surface area contributed by atoms with E-state index in [-0.39, 0.29) is 6.10 Å². The first-order chi connectivity index (χ1) is 10.4. The molecule has 0 aromatic heterocycles. The van der Waals surface area contributed by atoms with Gasteiger partial charge in [-0.15, -0.1) is 0 Å². The van der Waals surface area contributed by atoms with E-state index in [2.05, 4.69) is 5.32 Å². The number of aliphatic carboxylic acids is 1. The topological polar surface area (TPSA) is 75.6 Å². The first kappa shape index (κ1) is 16.3. The molecule has 0 radical (unpaired) electrons. The Morgan fingerprint density at radius 3 is 2.64 bits per heavy atom. The molecule has 1 fully saturated rings. The van der Waals surface area contributed by atoms with E-state index in [0.29, 0.717) is 17.7 Å². The van der Waals surface area contributed by atoms with Crippen molar-refractivity contribution < 1.29 is 19.4 Å². The number of carboxylic acids is 1. The molecule has 0 saturated heterocycles. The minimum atomic E-state index is -1.26. The number of ether oxygens (including phenoxy) is 1. The SMILES string of the molecule is CCC(C)(NC(=O)c1cccc(OC2CCCC2)c1)C(=O)O. The predicted octanol–water partition coefficient (Wildman–Crippen LogP) is 2.99. The van der Waals surface area contributed by atoms with Crippen LogP contribution in [0.15, 0.2) is 24.3 Å². The third-order valence-electron chi connectivity index (χ3n) is 4.27. The first-order valence-electron chi connectivity index (χ1n) is 7.77. The van der Waals surface area contributed by atoms with Gasteiger partial charge in [0.1, 0.15) is 11.3 Å². The summed E-state index contributed by atoms with van der Waals surface area (Å²) >= 11 is 0. The van der Waals surface area contributed by atoms with Crippen molar-refractivity contribution in [2.24, 2.45) is 0 Å². The molecule has 1 aliphatic rings. The predicted molar refractivity (Wildman–Crippen MR) is 83.1 cm³/mol. The quantitative estimate of drug-likeness (QED) is 0.847. The number of nitrogens with one attached hydrogen (secondary N) is 1. The van der Waals surface area contributed by atoms with E-state index in [0.717, 1.165) is 12.8 Å². The van der Waals surface area contributed by atoms with Gasteiger partial charge in [-0.1, -0.05) is 13.0 Å². The molecule has 1 unspecified atom stereocenters. The summed E-state index contributed by atoms with van der Waals surface area (Å²) < 4.78 is 5.87. The number of carbonyl (C=O) groups excluding carboxylic acids is 1. The van der Waals surface area contributed by atoms with Crippen molar-refractivity contribution in [3.05, 3.63) is 29.8 Å². The van der Waals surface area contributed by atoms with Crippen LogP contribution in [-0.4, -0.2) is 28.6 Å². The maximum absolute atomic E-state index is 12.3. The lowest BCUT2D eigenvalue weighted by Gasteiger charge is -2.24. The van der Waals surface area contributed by atoms with Gasteiger partial charge in [0.05, 0.1) is 6.10 Å². The van der Waals surface area contributed by atoms with E-state index >= 15 is 0 Å². The minimum Gasteiger partial charge on any atom is -0.490 e. The number of carboxylic acid groups (broad SMARTS) is 1. The summed E-state index contributed by atoms with van der Waals surface area (Å²) in [5.41, 5.74) is -0.851. The average Bonchev–Trinajstić information content (AvgIpc) is 3.00. The van der Waals surface area contributed by atoms with Gasteiger partial charge in [0.2, 0.25) is 0 Å². The summed E-state index contributed by atoms with van der Waals surface area (Å²) in [6.07, 6.45) is 4.98. The van der Waals surface area contributed by atoms with Crippen LogP contribution in [0.2, 0.25) is 0 Å². The highest BCUT2D eigenvalue weighted by Crippen LogP contribution is 2.24. The van der Waals surface area contributed by atoms with E-state index in [1.165, 1.54) is 19.8 Å². The van der Waals surface area contributed by atoms with Crippen molar-refractivity contribution in [1.82, 2.24) is 5.32 Å². The maximum Gasteiger partial charge on any atom is 0.329 e. The summed E-state index contributed by atoms with van der Waals surface area (Å²) in [7, 11) is 0. The lowest BCUT2D eigenvalue weighted by molar-refractivity contribution is -0.143. The molecule has 1 saturated carbocycles. The van der Waals surface area contributed by atoms with Crippen LogP contribution in [0.25, 0.3) is 0 Å². The Kier molecular flexibility index (Phi) is 5.06. The van der Waals surface area contributed by atoms with Crippen LogP contribution < -0.4 is 10.1 Å². The van der Waals surface area contributed by atoms with Crippen molar-refractivity contribution in [3.63, 3.8) is 0 Å². The molecule has 2 N–H and O–H groups in total. The third-order valence-corrected chi connectivity index (χ3v) is 4.27. The summed E-state index contributed by atoms with van der Waals surface area (Å²) in [5, 5.41) is 11.8. The van der Waals surface area contributed by atoms with Gasteiger partial charge in [-0.2, -0.15) is 0 Å².